The van der Waals surface area contributed by atoms with Gasteiger partial charge in [0, 0.05) is 14.6 Å². The summed E-state index contributed by atoms with van der Waals surface area (Å²) in [4.78, 5) is 0. The van der Waals surface area contributed by atoms with Gasteiger partial charge < -0.3 is 15.6 Å². The summed E-state index contributed by atoms with van der Waals surface area (Å²) in [6.07, 6.45) is 2.85. The van der Waals surface area contributed by atoms with Crippen molar-refractivity contribution in [3.63, 3.8) is 0 Å². The molecule has 0 bridgehead atoms. The molecule has 174 valence electrons. The monoisotopic (exact) mass is 475 g/mol. The van der Waals surface area contributed by atoms with Crippen LogP contribution in [0, 0.1) is 0 Å². The molecule has 9 heteroatoms. The van der Waals surface area contributed by atoms with Crippen molar-refractivity contribution in [2.75, 3.05) is 17.4 Å². The molecule has 2 aromatic carbocycles. The minimum atomic E-state index is -3.94. The highest BCUT2D eigenvalue weighted by molar-refractivity contribution is 7.91. The highest BCUT2D eigenvalue weighted by Gasteiger charge is 2.39. The second-order valence-electron chi connectivity index (χ2n) is 9.14. The molecule has 0 atom stereocenters. The molecule has 3 rings (SSSR count). The lowest BCUT2D eigenvalue weighted by atomic mass is 10.1. The van der Waals surface area contributed by atoms with Gasteiger partial charge in [-0.25, -0.2) is 8.61 Å². The number of aliphatic hydroxyl groups excluding tert-OH is 1. The fourth-order valence-electron chi connectivity index (χ4n) is 3.37. The number of nitrogens with two attached hydrogens (primary N) is 1. The van der Waals surface area contributed by atoms with Crippen molar-refractivity contribution in [1.29, 1.82) is 0 Å². The Kier molecular flexibility index (Phi) is 7.53. The molecule has 3 N–H and O–H groups in total. The Morgan fingerprint density at radius 1 is 1.06 bits per heavy atom. The van der Waals surface area contributed by atoms with Crippen molar-refractivity contribution in [3.8, 4) is 5.75 Å². The lowest BCUT2D eigenvalue weighted by Crippen LogP contribution is -2.37. The van der Waals surface area contributed by atoms with Gasteiger partial charge in [-0.05, 0) is 48.7 Å². The second kappa shape index (κ2) is 9.97. The average Bonchev–Trinajstić information content (AvgIpc) is 2.97. The Balaban J connectivity index is 1.91. The van der Waals surface area contributed by atoms with Crippen LogP contribution < -0.4 is 14.8 Å². The van der Waals surface area contributed by atoms with Crippen molar-refractivity contribution >= 4 is 24.0 Å². The first-order chi connectivity index (χ1) is 15.1. The van der Waals surface area contributed by atoms with Crippen molar-refractivity contribution in [3.05, 3.63) is 71.7 Å². The minimum Gasteiger partial charge on any atom is -0.493 e. The number of aryl methyl sites for hydroxylation is 1. The Morgan fingerprint density at radius 2 is 1.78 bits per heavy atom. The third-order valence-corrected chi connectivity index (χ3v) is 8.70. The quantitative estimate of drug-likeness (QED) is 0.502. The van der Waals surface area contributed by atoms with Gasteiger partial charge in [-0.15, -0.1) is 0 Å². The molecule has 0 saturated carbocycles. The van der Waals surface area contributed by atoms with E-state index in [1.54, 1.807) is 6.07 Å². The summed E-state index contributed by atoms with van der Waals surface area (Å²) in [6, 6.07) is 15.9. The molecule has 0 saturated heterocycles. The van der Waals surface area contributed by atoms with Gasteiger partial charge in [0.15, 0.2) is 0 Å². The Labute approximate surface area is 192 Å². The molecule has 7 nitrogen and oxygen atoms in total. The van der Waals surface area contributed by atoms with E-state index in [-0.39, 0.29) is 12.4 Å². The van der Waals surface area contributed by atoms with E-state index in [0.717, 1.165) is 38.6 Å². The zero-order valence-electron chi connectivity index (χ0n) is 19.0. The summed E-state index contributed by atoms with van der Waals surface area (Å²) in [6.45, 7) is 7.64. The molecule has 0 radical (unpaired) electrons. The molecule has 1 heterocycles. The topological polar surface area (TPSA) is 96.1 Å². The predicted octanol–water partition coefficient (Wildman–Crippen LogP) is 4.22. The lowest BCUT2D eigenvalue weighted by Gasteiger charge is -2.25. The van der Waals surface area contributed by atoms with Crippen molar-refractivity contribution < 1.29 is 18.3 Å². The van der Waals surface area contributed by atoms with E-state index in [2.05, 4.69) is 19.6 Å². The number of ether oxygens (including phenoxy) is 1. The number of hydrogen-bond donors (Lipinski definition) is 2. The van der Waals surface area contributed by atoms with Crippen molar-refractivity contribution in [1.82, 2.24) is 4.31 Å². The highest BCUT2D eigenvalue weighted by Crippen LogP contribution is 2.37. The SMILES string of the molecule is C[Si](C)(C)CCN1C(O)=CN(c2ccc(CCCN)cc2OCc2ccccc2)S1(=O)=O. The highest BCUT2D eigenvalue weighted by atomic mass is 32.2. The van der Waals surface area contributed by atoms with E-state index < -0.39 is 18.3 Å². The predicted molar refractivity (Wildman–Crippen MR) is 132 cm³/mol. The summed E-state index contributed by atoms with van der Waals surface area (Å²) in [7, 11) is -5.44. The van der Waals surface area contributed by atoms with Crippen LogP contribution in [0.1, 0.15) is 17.5 Å². The van der Waals surface area contributed by atoms with Crippen LogP contribution in [0.25, 0.3) is 0 Å². The van der Waals surface area contributed by atoms with Gasteiger partial charge in [-0.3, -0.25) is 0 Å². The van der Waals surface area contributed by atoms with E-state index in [9.17, 15) is 13.5 Å². The summed E-state index contributed by atoms with van der Waals surface area (Å²) < 4.78 is 34.8. The van der Waals surface area contributed by atoms with Gasteiger partial charge in [0.05, 0.1) is 6.20 Å². The molecule has 32 heavy (non-hydrogen) atoms. The summed E-state index contributed by atoms with van der Waals surface area (Å²) in [5.41, 5.74) is 8.01. The second-order valence-corrected chi connectivity index (χ2v) is 16.5. The zero-order valence-corrected chi connectivity index (χ0v) is 20.8. The van der Waals surface area contributed by atoms with Crippen LogP contribution in [0.2, 0.25) is 25.7 Å². The van der Waals surface area contributed by atoms with Gasteiger partial charge in [-0.2, -0.15) is 8.42 Å². The summed E-state index contributed by atoms with van der Waals surface area (Å²) in [5.74, 6) is 0.174. The number of aliphatic hydroxyl groups is 1. The largest absolute Gasteiger partial charge is 0.493 e. The molecule has 0 spiro atoms. The normalized spacial score (nSPS) is 15.7. The number of hydrogen-bond acceptors (Lipinski definition) is 5. The fraction of sp³-hybridized carbons (Fsp3) is 0.391. The van der Waals surface area contributed by atoms with Crippen molar-refractivity contribution in [2.45, 2.75) is 45.1 Å². The smallest absolute Gasteiger partial charge is 0.332 e. The third kappa shape index (κ3) is 5.84. The molecular weight excluding hydrogens is 442 g/mol. The van der Waals surface area contributed by atoms with Crippen LogP contribution in [0.5, 0.6) is 5.75 Å². The molecular formula is C23H33N3O4SSi. The lowest BCUT2D eigenvalue weighted by molar-refractivity contribution is 0.294. The minimum absolute atomic E-state index is 0.256. The number of rotatable bonds is 10. The molecule has 1 aliphatic heterocycles. The van der Waals surface area contributed by atoms with Crippen LogP contribution in [-0.2, 0) is 23.2 Å². The molecule has 0 aromatic heterocycles. The van der Waals surface area contributed by atoms with E-state index in [1.165, 1.54) is 6.20 Å². The standard InChI is InChI=1S/C23H33N3O4SSi/c1-32(2,3)15-14-25-23(27)17-26(31(25,28)29)21-12-11-19(10-7-13-24)16-22(21)30-18-20-8-5-4-6-9-20/h4-6,8-9,11-12,16-17,27H,7,10,13-15,18,24H2,1-3H3. The zero-order chi connectivity index (χ0) is 23.4. The first-order valence-corrected chi connectivity index (χ1v) is 15.9. The first kappa shape index (κ1) is 24.2. The Hall–Kier alpha value is -2.49. The number of benzene rings is 2. The molecule has 0 aliphatic carbocycles. The number of anilines is 1. The molecule has 0 unspecified atom stereocenters. The maximum absolute atomic E-state index is 13.3. The summed E-state index contributed by atoms with van der Waals surface area (Å²) in [5, 5.41) is 10.4. The first-order valence-electron chi connectivity index (χ1n) is 10.8. The maximum Gasteiger partial charge on any atom is 0.332 e. The average molecular weight is 476 g/mol. The molecule has 2 aromatic rings. The van der Waals surface area contributed by atoms with Gasteiger partial charge in [0.2, 0.25) is 5.88 Å². The fourth-order valence-corrected chi connectivity index (χ4v) is 5.88. The van der Waals surface area contributed by atoms with Crippen LogP contribution in [0.3, 0.4) is 0 Å². The van der Waals surface area contributed by atoms with Crippen LogP contribution in [0.15, 0.2) is 60.6 Å². The van der Waals surface area contributed by atoms with E-state index in [0.29, 0.717) is 24.6 Å². The van der Waals surface area contributed by atoms with Crippen LogP contribution in [0.4, 0.5) is 5.69 Å². The molecule has 1 aliphatic rings. The Bertz CT molecular complexity index is 1050. The molecule has 0 fully saturated rings. The number of nitrogens with zero attached hydrogens (tertiary/aromatic N) is 2. The Morgan fingerprint density at radius 3 is 2.44 bits per heavy atom. The maximum atomic E-state index is 13.3. The van der Waals surface area contributed by atoms with Crippen molar-refractivity contribution in [2.24, 2.45) is 5.73 Å². The van der Waals surface area contributed by atoms with E-state index in [4.69, 9.17) is 10.5 Å². The van der Waals surface area contributed by atoms with Gasteiger partial charge in [0.25, 0.3) is 0 Å². The van der Waals surface area contributed by atoms with Gasteiger partial charge >= 0.3 is 10.2 Å². The van der Waals surface area contributed by atoms with Gasteiger partial charge in [0.1, 0.15) is 18.0 Å². The summed E-state index contributed by atoms with van der Waals surface area (Å²) >= 11 is 0. The van der Waals surface area contributed by atoms with Crippen LogP contribution >= 0.6 is 0 Å². The van der Waals surface area contributed by atoms with Gasteiger partial charge in [-0.1, -0.05) is 56.0 Å². The third-order valence-electron chi connectivity index (χ3n) is 5.25. The van der Waals surface area contributed by atoms with Crippen LogP contribution in [-0.4, -0.2) is 39.0 Å². The molecule has 0 amide bonds. The van der Waals surface area contributed by atoms with E-state index >= 15 is 0 Å². The van der Waals surface area contributed by atoms with E-state index in [1.807, 2.05) is 42.5 Å².